The number of hydrogen-bond acceptors (Lipinski definition) is 6. The van der Waals surface area contributed by atoms with Crippen molar-refractivity contribution in [2.75, 3.05) is 21.3 Å². The molecule has 3 rings (SSSR count). The molecule has 0 amide bonds. The summed E-state index contributed by atoms with van der Waals surface area (Å²) in [6, 6.07) is 9.88. The summed E-state index contributed by atoms with van der Waals surface area (Å²) in [7, 11) is 4.35. The molecule has 1 saturated carbocycles. The van der Waals surface area contributed by atoms with Crippen molar-refractivity contribution in [3.63, 3.8) is 0 Å². The largest absolute Gasteiger partial charge is 0.496 e. The van der Waals surface area contributed by atoms with Gasteiger partial charge in [-0.2, -0.15) is 10.5 Å². The molecule has 3 atom stereocenters. The second-order valence-corrected chi connectivity index (χ2v) is 6.64. The molecule has 0 aromatic heterocycles. The summed E-state index contributed by atoms with van der Waals surface area (Å²) < 4.78 is 17.2. The Bertz CT molecular complexity index is 824. The summed E-state index contributed by atoms with van der Waals surface area (Å²) >= 11 is 3.42. The van der Waals surface area contributed by atoms with Gasteiger partial charge in [0.25, 0.3) is 5.84 Å². The van der Waals surface area contributed by atoms with Crippen molar-refractivity contribution in [1.82, 2.24) is 0 Å². The van der Waals surface area contributed by atoms with Crippen molar-refractivity contribution >= 4 is 21.8 Å². The zero-order valence-corrected chi connectivity index (χ0v) is 15.0. The van der Waals surface area contributed by atoms with E-state index in [9.17, 15) is 10.5 Å². The van der Waals surface area contributed by atoms with Gasteiger partial charge in [0, 0.05) is 24.3 Å². The SMILES string of the molecule is COc1ccc(Br)cc1[C@@H]1[C@]2(C#N)C(N)=[NH+]C(OC)(OC)[C@]12C#N. The van der Waals surface area contributed by atoms with Crippen LogP contribution in [-0.4, -0.2) is 33.1 Å². The molecule has 124 valence electrons. The summed E-state index contributed by atoms with van der Waals surface area (Å²) in [6.45, 7) is 0. The van der Waals surface area contributed by atoms with E-state index < -0.39 is 22.7 Å². The van der Waals surface area contributed by atoms with Crippen molar-refractivity contribution in [2.24, 2.45) is 16.6 Å². The monoisotopic (exact) mass is 391 g/mol. The average Bonchev–Trinajstić information content (AvgIpc) is 3.17. The first-order valence-corrected chi connectivity index (χ1v) is 7.91. The Labute approximate surface area is 147 Å². The molecule has 0 unspecified atom stereocenters. The fourth-order valence-corrected chi connectivity index (χ4v) is 4.39. The zero-order chi connectivity index (χ0) is 17.8. The summed E-state index contributed by atoms with van der Waals surface area (Å²) in [4.78, 5) is 2.85. The fourth-order valence-electron chi connectivity index (χ4n) is 4.01. The van der Waals surface area contributed by atoms with Crippen LogP contribution < -0.4 is 15.5 Å². The third-order valence-electron chi connectivity index (χ3n) is 5.08. The minimum Gasteiger partial charge on any atom is -0.496 e. The second-order valence-electron chi connectivity index (χ2n) is 5.72. The quantitative estimate of drug-likeness (QED) is 0.696. The van der Waals surface area contributed by atoms with Gasteiger partial charge in [0.15, 0.2) is 10.8 Å². The molecular formula is C16H16BrN4O3+. The summed E-state index contributed by atoms with van der Waals surface area (Å²) in [6.07, 6.45) is 0. The van der Waals surface area contributed by atoms with Gasteiger partial charge in [0.1, 0.15) is 5.75 Å². The van der Waals surface area contributed by atoms with Gasteiger partial charge in [-0.25, -0.2) is 4.99 Å². The highest BCUT2D eigenvalue weighted by molar-refractivity contribution is 9.10. The Hall–Kier alpha value is -2.13. The first-order valence-electron chi connectivity index (χ1n) is 7.12. The Balaban J connectivity index is 2.30. The van der Waals surface area contributed by atoms with Gasteiger partial charge in [0.05, 0.1) is 25.2 Å². The first kappa shape index (κ1) is 16.7. The lowest BCUT2D eigenvalue weighted by molar-refractivity contribution is -0.687. The second kappa shape index (κ2) is 5.18. The van der Waals surface area contributed by atoms with Gasteiger partial charge in [0.2, 0.25) is 0 Å². The number of amidine groups is 1. The standard InChI is InChI=1S/C16H15BrN4O3/c1-22-11-5-4-9(17)6-10(11)12-14(7-18)13(20)21-16(23-2,24-3)15(12,14)8-19/h4-6,12H,1-3H3,(H2,20,21)/p+1/t12-,14-,15-/m1/s1. The predicted molar refractivity (Wildman–Crippen MR) is 86.4 cm³/mol. The third-order valence-corrected chi connectivity index (χ3v) is 5.57. The van der Waals surface area contributed by atoms with E-state index in [2.05, 4.69) is 33.1 Å². The van der Waals surface area contributed by atoms with Crippen LogP contribution in [0.1, 0.15) is 11.5 Å². The minimum absolute atomic E-state index is 0.155. The van der Waals surface area contributed by atoms with E-state index in [-0.39, 0.29) is 5.84 Å². The van der Waals surface area contributed by atoms with Crippen LogP contribution in [0.15, 0.2) is 22.7 Å². The van der Waals surface area contributed by atoms with E-state index >= 15 is 0 Å². The van der Waals surface area contributed by atoms with Crippen LogP contribution in [0.25, 0.3) is 0 Å². The van der Waals surface area contributed by atoms with E-state index in [1.54, 1.807) is 6.07 Å². The number of ether oxygens (including phenoxy) is 3. The molecule has 24 heavy (non-hydrogen) atoms. The number of nitrogens with one attached hydrogen (secondary N) is 1. The van der Waals surface area contributed by atoms with E-state index in [0.29, 0.717) is 11.3 Å². The van der Waals surface area contributed by atoms with E-state index in [1.807, 2.05) is 12.1 Å². The first-order chi connectivity index (χ1) is 11.4. The molecule has 1 aromatic carbocycles. The summed E-state index contributed by atoms with van der Waals surface area (Å²) in [5.74, 6) is -1.36. The third kappa shape index (κ3) is 1.54. The number of halogens is 1. The maximum Gasteiger partial charge on any atom is 0.342 e. The maximum atomic E-state index is 10.0. The topological polar surface area (TPSA) is 115 Å². The predicted octanol–water partition coefficient (Wildman–Crippen LogP) is -0.0271. The van der Waals surface area contributed by atoms with Crippen LogP contribution >= 0.6 is 15.9 Å². The highest BCUT2D eigenvalue weighted by atomic mass is 79.9. The lowest BCUT2D eigenvalue weighted by atomic mass is 9.93. The normalized spacial score (nSPS) is 32.2. The average molecular weight is 392 g/mol. The van der Waals surface area contributed by atoms with Crippen LogP contribution in [-0.2, 0) is 9.47 Å². The molecule has 0 bridgehead atoms. The zero-order valence-electron chi connectivity index (χ0n) is 13.4. The number of rotatable bonds is 4. The molecule has 0 saturated heterocycles. The van der Waals surface area contributed by atoms with E-state index in [4.69, 9.17) is 19.9 Å². The van der Waals surface area contributed by atoms with Crippen LogP contribution in [0.4, 0.5) is 0 Å². The molecule has 1 aromatic rings. The molecule has 2 aliphatic rings. The number of nitrogens with zero attached hydrogens (tertiary/aromatic N) is 2. The molecule has 1 heterocycles. The number of methoxy groups -OCH3 is 3. The Kier molecular flexibility index (Phi) is 3.61. The number of fused-ring (bicyclic) bond motifs is 1. The molecule has 1 aliphatic heterocycles. The fraction of sp³-hybridized carbons (Fsp3) is 0.438. The van der Waals surface area contributed by atoms with E-state index in [1.165, 1.54) is 21.3 Å². The van der Waals surface area contributed by atoms with E-state index in [0.717, 1.165) is 4.47 Å². The number of hydrogen-bond donors (Lipinski definition) is 2. The lowest BCUT2D eigenvalue weighted by Gasteiger charge is -2.27. The van der Waals surface area contributed by atoms with Gasteiger partial charge in [-0.3, -0.25) is 5.73 Å². The highest BCUT2D eigenvalue weighted by Crippen LogP contribution is 2.79. The van der Waals surface area contributed by atoms with Gasteiger partial charge >= 0.3 is 5.91 Å². The smallest absolute Gasteiger partial charge is 0.342 e. The molecule has 7 nitrogen and oxygen atoms in total. The Morgan fingerprint density at radius 2 is 1.88 bits per heavy atom. The van der Waals surface area contributed by atoms with Gasteiger partial charge in [-0.05, 0) is 18.2 Å². The summed E-state index contributed by atoms with van der Waals surface area (Å²) in [5, 5.41) is 19.9. The molecule has 8 heteroatoms. The number of nitriles is 2. The molecule has 0 radical (unpaired) electrons. The Morgan fingerprint density at radius 1 is 1.21 bits per heavy atom. The summed E-state index contributed by atoms with van der Waals surface area (Å²) in [5.41, 5.74) is 4.21. The van der Waals surface area contributed by atoms with Crippen LogP contribution in [0, 0.1) is 33.5 Å². The van der Waals surface area contributed by atoms with Crippen molar-refractivity contribution in [1.29, 1.82) is 10.5 Å². The van der Waals surface area contributed by atoms with Gasteiger partial charge < -0.3 is 14.2 Å². The van der Waals surface area contributed by atoms with Crippen molar-refractivity contribution < 1.29 is 19.2 Å². The number of nitrogens with two attached hydrogens (primary N) is 1. The van der Waals surface area contributed by atoms with Crippen molar-refractivity contribution in [2.45, 2.75) is 11.8 Å². The number of benzene rings is 1. The molecule has 3 N–H and O–H groups in total. The van der Waals surface area contributed by atoms with Gasteiger partial charge in [-0.1, -0.05) is 15.9 Å². The van der Waals surface area contributed by atoms with Crippen LogP contribution in [0.3, 0.4) is 0 Å². The molecule has 0 spiro atoms. The highest BCUT2D eigenvalue weighted by Gasteiger charge is 2.97. The molecule has 1 aliphatic carbocycles. The molecule has 1 fully saturated rings. The van der Waals surface area contributed by atoms with Crippen LogP contribution in [0.2, 0.25) is 0 Å². The minimum atomic E-state index is -1.51. The van der Waals surface area contributed by atoms with Crippen molar-refractivity contribution in [3.8, 4) is 17.9 Å². The molecular weight excluding hydrogens is 376 g/mol. The van der Waals surface area contributed by atoms with Crippen LogP contribution in [0.5, 0.6) is 5.75 Å². The van der Waals surface area contributed by atoms with Crippen molar-refractivity contribution in [3.05, 3.63) is 28.2 Å². The van der Waals surface area contributed by atoms with Gasteiger partial charge in [-0.15, -0.1) is 0 Å². The Morgan fingerprint density at radius 3 is 2.38 bits per heavy atom. The maximum absolute atomic E-state index is 10.0. The lowest BCUT2D eigenvalue weighted by Crippen LogP contribution is -2.90.